The number of nitrogens with one attached hydrogen (secondary N) is 5. The monoisotopic (exact) mass is 880 g/mol. The van der Waals surface area contributed by atoms with Gasteiger partial charge in [0.15, 0.2) is 5.60 Å². The third-order valence-corrected chi connectivity index (χ3v) is 12.4. The van der Waals surface area contributed by atoms with Gasteiger partial charge >= 0.3 is 5.97 Å². The lowest BCUT2D eigenvalue weighted by Gasteiger charge is -2.32. The Morgan fingerprint density at radius 3 is 2.47 bits per heavy atom. The Bertz CT molecular complexity index is 2650. The number of aromatic nitrogens is 2. The van der Waals surface area contributed by atoms with Crippen LogP contribution in [0.3, 0.4) is 0 Å². The number of esters is 1. The molecule has 2 aliphatic carbocycles. The van der Waals surface area contributed by atoms with Crippen LogP contribution in [0, 0.1) is 18.7 Å². The van der Waals surface area contributed by atoms with Crippen molar-refractivity contribution in [1.82, 2.24) is 36.1 Å². The molecule has 0 radical (unpaired) electrons. The number of pyridine rings is 2. The second-order valence-corrected chi connectivity index (χ2v) is 16.8. The molecule has 2 aromatic heterocycles. The van der Waals surface area contributed by atoms with Crippen molar-refractivity contribution < 1.29 is 47.7 Å². The van der Waals surface area contributed by atoms with Crippen molar-refractivity contribution >= 4 is 46.4 Å². The van der Waals surface area contributed by atoms with E-state index in [2.05, 4.69) is 26.6 Å². The molecule has 0 unspecified atom stereocenters. The van der Waals surface area contributed by atoms with Crippen LogP contribution in [0.1, 0.15) is 77.6 Å². The predicted octanol–water partition coefficient (Wildman–Crippen LogP) is 0.418. The summed E-state index contributed by atoms with van der Waals surface area (Å²) in [5.41, 5.74) is 7.58. The first-order chi connectivity index (χ1) is 30.7. The Labute approximate surface area is 365 Å². The second kappa shape index (κ2) is 17.9. The fourth-order valence-corrected chi connectivity index (χ4v) is 8.82. The van der Waals surface area contributed by atoms with Gasteiger partial charge in [-0.05, 0) is 67.3 Å². The first kappa shape index (κ1) is 44.1. The smallest absolute Gasteiger partial charge is 0.343 e. The van der Waals surface area contributed by atoms with E-state index in [1.54, 1.807) is 43.3 Å². The van der Waals surface area contributed by atoms with E-state index in [1.165, 1.54) is 17.6 Å². The Morgan fingerprint density at radius 1 is 0.984 bits per heavy atom. The summed E-state index contributed by atoms with van der Waals surface area (Å²) in [6.07, 6.45) is 1.68. The molecule has 4 atom stereocenters. The molecule has 2 aromatic carbocycles. The van der Waals surface area contributed by atoms with Crippen molar-refractivity contribution in [2.75, 3.05) is 26.4 Å². The summed E-state index contributed by atoms with van der Waals surface area (Å²) in [6, 6.07) is 10.2. The van der Waals surface area contributed by atoms with Crippen LogP contribution in [0.25, 0.3) is 22.3 Å². The highest BCUT2D eigenvalue weighted by Gasteiger charge is 2.50. The maximum absolute atomic E-state index is 15.4. The van der Waals surface area contributed by atoms with Crippen molar-refractivity contribution in [3.05, 3.63) is 97.6 Å². The number of aliphatic hydroxyl groups is 1. The lowest BCUT2D eigenvalue weighted by Crippen LogP contribution is -2.52. The first-order valence-corrected chi connectivity index (χ1v) is 21.2. The zero-order valence-electron chi connectivity index (χ0n) is 35.3. The van der Waals surface area contributed by atoms with E-state index in [0.717, 1.165) is 24.0 Å². The molecule has 64 heavy (non-hydrogen) atoms. The molecule has 8 rings (SSSR count). The summed E-state index contributed by atoms with van der Waals surface area (Å²) in [4.78, 5) is 95.7. The summed E-state index contributed by atoms with van der Waals surface area (Å²) < 4.78 is 27.9. The number of cyclic esters (lactones) is 1. The fourth-order valence-electron chi connectivity index (χ4n) is 8.82. The minimum Gasteiger partial charge on any atom is -0.458 e. The zero-order chi connectivity index (χ0) is 45.4. The largest absolute Gasteiger partial charge is 0.458 e. The van der Waals surface area contributed by atoms with Crippen LogP contribution in [0.4, 0.5) is 4.39 Å². The third-order valence-electron chi connectivity index (χ3n) is 12.4. The van der Waals surface area contributed by atoms with Crippen LogP contribution in [-0.4, -0.2) is 88.7 Å². The number of benzene rings is 2. The van der Waals surface area contributed by atoms with Gasteiger partial charge in [0.2, 0.25) is 29.5 Å². The Kier molecular flexibility index (Phi) is 12.3. The van der Waals surface area contributed by atoms with E-state index in [-0.39, 0.29) is 49.6 Å². The number of amides is 5. The molecule has 0 bridgehead atoms. The van der Waals surface area contributed by atoms with Crippen molar-refractivity contribution in [3.8, 4) is 11.4 Å². The number of hydrogen-bond donors (Lipinski definition) is 7. The summed E-state index contributed by atoms with van der Waals surface area (Å²) >= 11 is 0. The quantitative estimate of drug-likeness (QED) is 0.0526. The maximum Gasteiger partial charge on any atom is 0.343 e. The number of hydrogen-bond acceptors (Lipinski definition) is 12. The van der Waals surface area contributed by atoms with Crippen LogP contribution in [0.5, 0.6) is 0 Å². The zero-order valence-corrected chi connectivity index (χ0v) is 35.3. The summed E-state index contributed by atoms with van der Waals surface area (Å²) in [7, 11) is 0. The van der Waals surface area contributed by atoms with E-state index in [1.807, 2.05) is 0 Å². The number of carbonyl (C=O) groups is 6. The van der Waals surface area contributed by atoms with Gasteiger partial charge < -0.3 is 51.5 Å². The normalized spacial score (nSPS) is 19.0. The molecule has 336 valence electrons. The van der Waals surface area contributed by atoms with Gasteiger partial charge in [0.1, 0.15) is 31.3 Å². The number of fused-ring (bicyclic) bond motifs is 5. The van der Waals surface area contributed by atoms with Gasteiger partial charge in [-0.2, -0.15) is 0 Å². The fraction of sp³-hybridized carbons (Fsp3) is 0.422. The number of halogens is 1. The van der Waals surface area contributed by atoms with E-state index < -0.39 is 90.5 Å². The molecule has 8 N–H and O–H groups in total. The molecule has 19 heteroatoms. The molecule has 4 aromatic rings. The van der Waals surface area contributed by atoms with E-state index in [9.17, 15) is 38.7 Å². The number of aryl methyl sites for hydroxylation is 1. The van der Waals surface area contributed by atoms with Crippen LogP contribution >= 0.6 is 0 Å². The number of carbonyl (C=O) groups excluding carboxylic acids is 6. The molecular weight excluding hydrogens is 832 g/mol. The van der Waals surface area contributed by atoms with Crippen LogP contribution in [0.2, 0.25) is 0 Å². The van der Waals surface area contributed by atoms with Gasteiger partial charge in [-0.3, -0.25) is 28.8 Å². The SMILES string of the molecule is Cc1c(F)cc2nc3c(c4c2c1CC[C@@H]4NC(=O)[C@@H](C)OCNC(=O)CNC(=O)[C@H](Cc1ccccc1)NC(=O)CNC(=O)CN)Cn1c-3cc2c(c1=O)COC(=O)[C@]2(O)CC1CC1. The molecule has 1 saturated carbocycles. The molecule has 1 fully saturated rings. The maximum atomic E-state index is 15.4. The molecule has 2 aliphatic heterocycles. The van der Waals surface area contributed by atoms with Crippen molar-refractivity contribution in [2.24, 2.45) is 11.7 Å². The molecular formula is C45H49FN8O10. The minimum absolute atomic E-state index is 0.0767. The molecule has 0 spiro atoms. The number of nitrogens with two attached hydrogens (primary N) is 1. The van der Waals surface area contributed by atoms with Gasteiger partial charge in [0.25, 0.3) is 5.56 Å². The van der Waals surface area contributed by atoms with Crippen molar-refractivity contribution in [2.45, 2.75) is 89.3 Å². The van der Waals surface area contributed by atoms with Gasteiger partial charge in [-0.25, -0.2) is 14.2 Å². The van der Waals surface area contributed by atoms with E-state index in [0.29, 0.717) is 51.8 Å². The second-order valence-electron chi connectivity index (χ2n) is 16.8. The van der Waals surface area contributed by atoms with E-state index >= 15 is 4.39 Å². The highest BCUT2D eigenvalue weighted by Crippen LogP contribution is 2.48. The molecule has 18 nitrogen and oxygen atoms in total. The van der Waals surface area contributed by atoms with Crippen molar-refractivity contribution in [3.63, 3.8) is 0 Å². The summed E-state index contributed by atoms with van der Waals surface area (Å²) in [5, 5.41) is 25.4. The first-order valence-electron chi connectivity index (χ1n) is 21.2. The highest BCUT2D eigenvalue weighted by molar-refractivity contribution is 5.95. The number of ether oxygens (including phenoxy) is 2. The molecule has 4 heterocycles. The van der Waals surface area contributed by atoms with Crippen LogP contribution in [0.15, 0.2) is 47.3 Å². The minimum atomic E-state index is -1.99. The molecule has 4 aliphatic rings. The Morgan fingerprint density at radius 2 is 1.73 bits per heavy atom. The standard InChI is InChI=1S/C45H49FN8O10/c1-22-26-10-11-31(53-41(58)23(2)64-21-50-36(56)17-49-42(59)33(12-24-6-4-3-5-7-24)51-37(57)18-48-35(55)16-47)39-27-19-54-34(40(27)52-32(38(26)39)14-30(22)46)13-29-28(43(54)60)20-63-44(61)45(29,62)15-25-8-9-25/h3-7,13-14,23,25,31,33,62H,8-12,15-21,47H2,1-2H3,(H,48,55)(H,49,59)(H,50,56)(H,51,57)(H,53,58)/t23-,31+,33+,45+/m1/s1. The summed E-state index contributed by atoms with van der Waals surface area (Å²) in [6.45, 7) is 1.41. The highest BCUT2D eigenvalue weighted by atomic mass is 19.1. The van der Waals surface area contributed by atoms with Gasteiger partial charge in [0.05, 0.1) is 54.7 Å². The van der Waals surface area contributed by atoms with Gasteiger partial charge in [0, 0.05) is 29.0 Å². The predicted molar refractivity (Wildman–Crippen MR) is 226 cm³/mol. The third kappa shape index (κ3) is 8.69. The Balaban J connectivity index is 0.941. The summed E-state index contributed by atoms with van der Waals surface area (Å²) in [5.74, 6) is -4.11. The average molecular weight is 881 g/mol. The number of nitrogens with zero attached hydrogens (tertiary/aromatic N) is 2. The van der Waals surface area contributed by atoms with E-state index in [4.69, 9.17) is 20.2 Å². The lowest BCUT2D eigenvalue weighted by atomic mass is 9.81. The Hall–Kier alpha value is -6.57. The van der Waals surface area contributed by atoms with Gasteiger partial charge in [-0.1, -0.05) is 43.2 Å². The number of rotatable bonds is 16. The average Bonchev–Trinajstić information content (AvgIpc) is 4.02. The topological polar surface area (TPSA) is 262 Å². The molecule has 5 amide bonds. The van der Waals surface area contributed by atoms with Crippen LogP contribution in [-0.2, 0) is 69.8 Å². The lowest BCUT2D eigenvalue weighted by molar-refractivity contribution is -0.173. The van der Waals surface area contributed by atoms with Crippen LogP contribution < -0.4 is 37.9 Å². The van der Waals surface area contributed by atoms with Gasteiger partial charge in [-0.15, -0.1) is 0 Å². The molecule has 0 saturated heterocycles. The van der Waals surface area contributed by atoms with Crippen molar-refractivity contribution in [1.29, 1.82) is 0 Å².